The maximum Gasteiger partial charge on any atom is 0.341 e. The summed E-state index contributed by atoms with van der Waals surface area (Å²) >= 11 is 2.58. The molecule has 0 fully saturated rings. The average Bonchev–Trinajstić information content (AvgIpc) is 3.39. The quantitative estimate of drug-likeness (QED) is 0.153. The summed E-state index contributed by atoms with van der Waals surface area (Å²) in [6.45, 7) is 1.97. The highest BCUT2D eigenvalue weighted by atomic mass is 32.2. The number of hydrogen-bond acceptors (Lipinski definition) is 8. The topological polar surface area (TPSA) is 103 Å². The summed E-state index contributed by atoms with van der Waals surface area (Å²) in [6, 6.07) is 21.8. The van der Waals surface area contributed by atoms with E-state index >= 15 is 0 Å². The highest BCUT2D eigenvalue weighted by Gasteiger charge is 2.23. The van der Waals surface area contributed by atoms with E-state index in [2.05, 4.69) is 10.6 Å². The van der Waals surface area contributed by atoms with Crippen molar-refractivity contribution >= 4 is 51.6 Å². The van der Waals surface area contributed by atoms with E-state index < -0.39 is 5.97 Å². The van der Waals surface area contributed by atoms with Gasteiger partial charge in [-0.15, -0.1) is 23.1 Å². The number of carbonyl (C=O) groups excluding carboxylic acids is 3. The number of nitrogens with one attached hydrogen (secondary N) is 2. The van der Waals surface area contributed by atoms with Crippen molar-refractivity contribution in [3.8, 4) is 22.6 Å². The molecule has 3 aromatic carbocycles. The van der Waals surface area contributed by atoms with E-state index in [1.165, 1.54) is 37.3 Å². The van der Waals surface area contributed by atoms with Gasteiger partial charge in [0.2, 0.25) is 5.91 Å². The summed E-state index contributed by atoms with van der Waals surface area (Å²) in [5, 5.41) is 8.01. The molecular formula is C30H28N2O6S2. The predicted molar refractivity (Wildman–Crippen MR) is 159 cm³/mol. The minimum absolute atomic E-state index is 0.0958. The lowest BCUT2D eigenvalue weighted by atomic mass is 10.0. The Morgan fingerprint density at radius 3 is 2.23 bits per heavy atom. The molecule has 0 aliphatic carbocycles. The summed E-state index contributed by atoms with van der Waals surface area (Å²) in [6.07, 6.45) is 0. The lowest BCUT2D eigenvalue weighted by molar-refractivity contribution is -0.113. The number of esters is 1. The molecule has 4 aromatic rings. The number of anilines is 2. The lowest BCUT2D eigenvalue weighted by Crippen LogP contribution is -2.16. The zero-order valence-electron chi connectivity index (χ0n) is 22.2. The maximum atomic E-state index is 13.0. The number of thioether (sulfide) groups is 1. The van der Waals surface area contributed by atoms with Gasteiger partial charge in [0.15, 0.2) is 0 Å². The van der Waals surface area contributed by atoms with Crippen molar-refractivity contribution in [2.45, 2.75) is 11.8 Å². The minimum Gasteiger partial charge on any atom is -0.496 e. The summed E-state index contributed by atoms with van der Waals surface area (Å²) in [4.78, 5) is 39.4. The van der Waals surface area contributed by atoms with Crippen LogP contribution in [0.4, 0.5) is 10.7 Å². The molecule has 4 rings (SSSR count). The molecule has 0 atom stereocenters. The van der Waals surface area contributed by atoms with Gasteiger partial charge in [-0.3, -0.25) is 9.59 Å². The smallest absolute Gasteiger partial charge is 0.341 e. The van der Waals surface area contributed by atoms with Gasteiger partial charge in [0.1, 0.15) is 27.6 Å². The number of rotatable bonds is 11. The van der Waals surface area contributed by atoms with Crippen LogP contribution >= 0.6 is 23.1 Å². The van der Waals surface area contributed by atoms with Crippen LogP contribution in [0.25, 0.3) is 11.1 Å². The molecule has 0 saturated heterocycles. The van der Waals surface area contributed by atoms with Gasteiger partial charge in [0.05, 0.1) is 26.6 Å². The van der Waals surface area contributed by atoms with Crippen LogP contribution in [0.5, 0.6) is 11.5 Å². The zero-order valence-corrected chi connectivity index (χ0v) is 23.8. The van der Waals surface area contributed by atoms with Gasteiger partial charge in [-0.25, -0.2) is 4.79 Å². The van der Waals surface area contributed by atoms with Crippen molar-refractivity contribution in [1.82, 2.24) is 0 Å². The van der Waals surface area contributed by atoms with E-state index in [0.29, 0.717) is 33.3 Å². The van der Waals surface area contributed by atoms with Crippen LogP contribution in [0.2, 0.25) is 0 Å². The number of amides is 2. The maximum absolute atomic E-state index is 13.0. The van der Waals surface area contributed by atoms with Crippen molar-refractivity contribution in [3.63, 3.8) is 0 Å². The summed E-state index contributed by atoms with van der Waals surface area (Å²) < 4.78 is 15.9. The normalized spacial score (nSPS) is 10.5. The van der Waals surface area contributed by atoms with Crippen LogP contribution in [0.15, 0.2) is 83.1 Å². The Balaban J connectivity index is 1.44. The number of benzene rings is 3. The Kier molecular flexibility index (Phi) is 9.82. The summed E-state index contributed by atoms with van der Waals surface area (Å²) in [5.41, 5.74) is 2.75. The Labute approximate surface area is 240 Å². The van der Waals surface area contributed by atoms with Crippen LogP contribution in [-0.4, -0.2) is 44.4 Å². The number of methoxy groups -OCH3 is 2. The van der Waals surface area contributed by atoms with Crippen LogP contribution in [0, 0.1) is 0 Å². The van der Waals surface area contributed by atoms with Crippen molar-refractivity contribution in [1.29, 1.82) is 0 Å². The zero-order chi connectivity index (χ0) is 28.5. The Bertz CT molecular complexity index is 1480. The molecular weight excluding hydrogens is 548 g/mol. The molecule has 8 nitrogen and oxygen atoms in total. The molecule has 0 radical (unpaired) electrons. The molecule has 40 heavy (non-hydrogen) atoms. The average molecular weight is 577 g/mol. The number of hydrogen-bond donors (Lipinski definition) is 2. The number of thiophene rings is 1. The van der Waals surface area contributed by atoms with Crippen LogP contribution in [0.1, 0.15) is 27.6 Å². The monoisotopic (exact) mass is 576 g/mol. The lowest BCUT2D eigenvalue weighted by Gasteiger charge is -2.13. The molecule has 0 spiro atoms. The first-order valence-corrected chi connectivity index (χ1v) is 14.2. The first kappa shape index (κ1) is 28.7. The van der Waals surface area contributed by atoms with Crippen molar-refractivity contribution in [2.24, 2.45) is 0 Å². The highest BCUT2D eigenvalue weighted by Crippen LogP contribution is 2.36. The summed E-state index contributed by atoms with van der Waals surface area (Å²) in [7, 11) is 2.98. The van der Waals surface area contributed by atoms with Crippen molar-refractivity contribution in [3.05, 3.63) is 89.3 Å². The van der Waals surface area contributed by atoms with Gasteiger partial charge < -0.3 is 24.8 Å². The fourth-order valence-corrected chi connectivity index (χ4v) is 5.66. The Morgan fingerprint density at radius 1 is 0.850 bits per heavy atom. The van der Waals surface area contributed by atoms with E-state index in [4.69, 9.17) is 14.2 Å². The fraction of sp³-hybridized carbons (Fsp3) is 0.167. The molecule has 10 heteroatoms. The largest absolute Gasteiger partial charge is 0.496 e. The van der Waals surface area contributed by atoms with E-state index in [9.17, 15) is 14.4 Å². The van der Waals surface area contributed by atoms with Gasteiger partial charge in [0.25, 0.3) is 5.91 Å². The first-order chi connectivity index (χ1) is 19.4. The molecule has 2 N–H and O–H groups in total. The molecule has 206 valence electrons. The molecule has 0 aliphatic rings. The second kappa shape index (κ2) is 13.7. The van der Waals surface area contributed by atoms with Gasteiger partial charge in [0, 0.05) is 21.5 Å². The molecule has 0 aliphatic heterocycles. The highest BCUT2D eigenvalue weighted by molar-refractivity contribution is 8.00. The summed E-state index contributed by atoms with van der Waals surface area (Å²) in [5.74, 6) is -0.257. The molecule has 2 amide bonds. The van der Waals surface area contributed by atoms with Crippen LogP contribution in [0.3, 0.4) is 0 Å². The first-order valence-electron chi connectivity index (χ1n) is 12.3. The van der Waals surface area contributed by atoms with Crippen molar-refractivity contribution < 1.29 is 28.6 Å². The third-order valence-electron chi connectivity index (χ3n) is 5.73. The van der Waals surface area contributed by atoms with E-state index in [1.54, 1.807) is 43.3 Å². The third-order valence-corrected chi connectivity index (χ3v) is 7.61. The van der Waals surface area contributed by atoms with E-state index in [0.717, 1.165) is 10.5 Å². The molecule has 1 aromatic heterocycles. The van der Waals surface area contributed by atoms with E-state index in [1.807, 2.05) is 41.8 Å². The van der Waals surface area contributed by atoms with Gasteiger partial charge in [-0.05, 0) is 42.8 Å². The fourth-order valence-electron chi connectivity index (χ4n) is 3.93. The Morgan fingerprint density at radius 2 is 1.55 bits per heavy atom. The second-order valence-electron chi connectivity index (χ2n) is 8.30. The Hall–Kier alpha value is -4.28. The molecule has 0 unspecified atom stereocenters. The standard InChI is InChI=1S/C30H28N2O6S2/c1-4-38-30(35)26-22(19-10-6-5-7-11-19)17-40-29(26)32-25(33)18-39-21-13-8-12-20(16-21)31-28(34)27-23(36-2)14-9-15-24(27)37-3/h5-17H,4,18H2,1-3H3,(H,31,34)(H,32,33). The van der Waals surface area contributed by atoms with Gasteiger partial charge in [-0.1, -0.05) is 42.5 Å². The van der Waals surface area contributed by atoms with Gasteiger partial charge >= 0.3 is 5.97 Å². The second-order valence-corrected chi connectivity index (χ2v) is 10.2. The minimum atomic E-state index is -0.485. The number of carbonyl (C=O) groups is 3. The molecule has 1 heterocycles. The SMILES string of the molecule is CCOC(=O)c1c(-c2ccccc2)csc1NC(=O)CSc1cccc(NC(=O)c2c(OC)cccc2OC)c1. The molecule has 0 bridgehead atoms. The van der Waals surface area contributed by atoms with E-state index in [-0.39, 0.29) is 29.7 Å². The van der Waals surface area contributed by atoms with Gasteiger partial charge in [-0.2, -0.15) is 0 Å². The third kappa shape index (κ3) is 6.83. The van der Waals surface area contributed by atoms with Crippen molar-refractivity contribution in [2.75, 3.05) is 37.2 Å². The predicted octanol–water partition coefficient (Wildman–Crippen LogP) is 6.59. The van der Waals surface area contributed by atoms with Crippen LogP contribution in [-0.2, 0) is 9.53 Å². The van der Waals surface area contributed by atoms with Crippen LogP contribution < -0.4 is 20.1 Å². The molecule has 0 saturated carbocycles. The number of ether oxygens (including phenoxy) is 3.